The van der Waals surface area contributed by atoms with Crippen molar-refractivity contribution in [1.29, 1.82) is 0 Å². The summed E-state index contributed by atoms with van der Waals surface area (Å²) in [6.45, 7) is 9.10. The molecule has 1 aliphatic heterocycles. The standard InChI is InChI=1S/C23H26ClN3O3/c1-16-12-21(25-22(28)29)26-27(16,23(2,3)4)14-18-13-19(24)10-11-20(18)30-15-17-8-6-5-7-9-17/h5-13H,14-15H2,1-4H3,(H-,25,26,28,29)/p+1. The Labute approximate surface area is 182 Å². The van der Waals surface area contributed by atoms with E-state index in [0.29, 0.717) is 24.0 Å². The Bertz CT molecular complexity index is 996. The molecule has 30 heavy (non-hydrogen) atoms. The average molecular weight is 429 g/mol. The Kier molecular flexibility index (Phi) is 6.19. The van der Waals surface area contributed by atoms with Gasteiger partial charge in [0.25, 0.3) is 0 Å². The van der Waals surface area contributed by atoms with Gasteiger partial charge in [-0.05, 0) is 44.5 Å². The van der Waals surface area contributed by atoms with Gasteiger partial charge in [-0.1, -0.05) is 47.0 Å². The number of halogens is 1. The van der Waals surface area contributed by atoms with Crippen LogP contribution in [0.25, 0.3) is 0 Å². The molecule has 0 saturated carbocycles. The molecule has 2 aromatic carbocycles. The van der Waals surface area contributed by atoms with Crippen molar-refractivity contribution >= 4 is 23.5 Å². The molecule has 158 valence electrons. The summed E-state index contributed by atoms with van der Waals surface area (Å²) in [6.07, 6.45) is 0.635. The molecular weight excluding hydrogens is 402 g/mol. The van der Waals surface area contributed by atoms with Crippen molar-refractivity contribution in [1.82, 2.24) is 5.32 Å². The van der Waals surface area contributed by atoms with Gasteiger partial charge >= 0.3 is 6.09 Å². The van der Waals surface area contributed by atoms with Crippen LogP contribution in [0.15, 0.2) is 65.4 Å². The van der Waals surface area contributed by atoms with Crippen LogP contribution in [0.2, 0.25) is 5.02 Å². The maximum Gasteiger partial charge on any atom is 0.410 e. The van der Waals surface area contributed by atoms with Crippen LogP contribution in [0.4, 0.5) is 4.79 Å². The molecule has 7 heteroatoms. The molecule has 1 heterocycles. The summed E-state index contributed by atoms with van der Waals surface area (Å²) in [6, 6.07) is 15.5. The topological polar surface area (TPSA) is 70.9 Å². The molecule has 1 unspecified atom stereocenters. The van der Waals surface area contributed by atoms with Gasteiger partial charge in [0.2, 0.25) is 0 Å². The van der Waals surface area contributed by atoms with E-state index in [0.717, 1.165) is 22.6 Å². The highest BCUT2D eigenvalue weighted by molar-refractivity contribution is 6.30. The monoisotopic (exact) mass is 428 g/mol. The van der Waals surface area contributed by atoms with Crippen LogP contribution >= 0.6 is 11.6 Å². The molecule has 1 amide bonds. The minimum absolute atomic E-state index is 0.213. The lowest BCUT2D eigenvalue weighted by Gasteiger charge is -2.41. The van der Waals surface area contributed by atoms with Gasteiger partial charge in [0.05, 0.1) is 5.56 Å². The number of hydrogen-bond donors (Lipinski definition) is 2. The van der Waals surface area contributed by atoms with E-state index < -0.39 is 6.09 Å². The Morgan fingerprint density at radius 3 is 2.53 bits per heavy atom. The Hall–Kier alpha value is -2.83. The van der Waals surface area contributed by atoms with Gasteiger partial charge in [-0.3, -0.25) is 5.32 Å². The number of hydrogen-bond acceptors (Lipinski definition) is 3. The number of ether oxygens (including phenoxy) is 1. The van der Waals surface area contributed by atoms with Crippen molar-refractivity contribution in [2.24, 2.45) is 5.10 Å². The van der Waals surface area contributed by atoms with Crippen LogP contribution < -0.4 is 10.1 Å². The number of benzene rings is 2. The number of rotatable bonds is 5. The third-order valence-corrected chi connectivity index (χ3v) is 5.45. The van der Waals surface area contributed by atoms with E-state index in [1.807, 2.05) is 49.4 Å². The number of allylic oxidation sites excluding steroid dienone is 1. The zero-order valence-electron chi connectivity index (χ0n) is 17.6. The lowest BCUT2D eigenvalue weighted by Crippen LogP contribution is -2.53. The third-order valence-electron chi connectivity index (χ3n) is 5.21. The number of nitrogens with zero attached hydrogens (tertiary/aromatic N) is 2. The molecular formula is C23H27ClN3O3+. The molecule has 0 radical (unpaired) electrons. The molecule has 2 aromatic rings. The van der Waals surface area contributed by atoms with Crippen LogP contribution in [0.1, 0.15) is 38.8 Å². The maximum atomic E-state index is 11.1. The van der Waals surface area contributed by atoms with E-state index in [-0.39, 0.29) is 10.1 Å². The minimum Gasteiger partial charge on any atom is -0.488 e. The van der Waals surface area contributed by atoms with Crippen molar-refractivity contribution in [3.63, 3.8) is 0 Å². The van der Waals surface area contributed by atoms with Crippen LogP contribution in [-0.4, -0.2) is 27.2 Å². The highest BCUT2D eigenvalue weighted by atomic mass is 35.5. The molecule has 1 atom stereocenters. The molecule has 1 aliphatic rings. The Balaban J connectivity index is 1.96. The number of carbonyl (C=O) groups is 1. The van der Waals surface area contributed by atoms with Crippen molar-refractivity contribution in [3.05, 3.63) is 76.5 Å². The van der Waals surface area contributed by atoms with E-state index in [2.05, 4.69) is 26.1 Å². The molecule has 0 spiro atoms. The smallest absolute Gasteiger partial charge is 0.410 e. The van der Waals surface area contributed by atoms with Crippen molar-refractivity contribution in [2.45, 2.75) is 46.4 Å². The van der Waals surface area contributed by atoms with Crippen LogP contribution in [0.5, 0.6) is 5.75 Å². The number of amidine groups is 1. The van der Waals surface area contributed by atoms with E-state index in [1.54, 1.807) is 12.1 Å². The van der Waals surface area contributed by atoms with Gasteiger partial charge in [-0.2, -0.15) is 4.59 Å². The summed E-state index contributed by atoms with van der Waals surface area (Å²) in [5.41, 5.74) is 2.57. The highest BCUT2D eigenvalue weighted by Crippen LogP contribution is 2.40. The molecule has 3 rings (SSSR count). The van der Waals surface area contributed by atoms with Gasteiger partial charge in [-0.25, -0.2) is 4.79 Å². The zero-order chi connectivity index (χ0) is 21.9. The molecule has 2 N–H and O–H groups in total. The second kappa shape index (κ2) is 8.50. The SMILES string of the molecule is CC1=CC(NC(=O)O)=N[N+]1(Cc1cc(Cl)ccc1OCc1ccccc1)C(C)(C)C. The summed E-state index contributed by atoms with van der Waals surface area (Å²) in [7, 11) is 0. The van der Waals surface area contributed by atoms with Gasteiger partial charge < -0.3 is 9.84 Å². The van der Waals surface area contributed by atoms with Crippen molar-refractivity contribution in [3.8, 4) is 5.75 Å². The van der Waals surface area contributed by atoms with Crippen LogP contribution in [0, 0.1) is 0 Å². The number of amides is 1. The molecule has 6 nitrogen and oxygen atoms in total. The first-order valence-corrected chi connectivity index (χ1v) is 10.1. The predicted molar refractivity (Wildman–Crippen MR) is 118 cm³/mol. The lowest BCUT2D eigenvalue weighted by atomic mass is 10.0. The summed E-state index contributed by atoms with van der Waals surface area (Å²) in [5.74, 6) is 1.05. The first-order valence-electron chi connectivity index (χ1n) is 9.73. The summed E-state index contributed by atoms with van der Waals surface area (Å²) < 4.78 is 6.34. The first-order chi connectivity index (χ1) is 14.1. The molecule has 0 aliphatic carbocycles. The molecule has 0 saturated heterocycles. The van der Waals surface area contributed by atoms with E-state index >= 15 is 0 Å². The largest absolute Gasteiger partial charge is 0.488 e. The average Bonchev–Trinajstić information content (AvgIpc) is 2.97. The van der Waals surface area contributed by atoms with Crippen LogP contribution in [0.3, 0.4) is 0 Å². The molecule has 0 aromatic heterocycles. The Morgan fingerprint density at radius 1 is 1.20 bits per heavy atom. The lowest BCUT2D eigenvalue weighted by molar-refractivity contribution is -0.953. The molecule has 0 bridgehead atoms. The summed E-state index contributed by atoms with van der Waals surface area (Å²) >= 11 is 6.31. The summed E-state index contributed by atoms with van der Waals surface area (Å²) in [4.78, 5) is 11.1. The van der Waals surface area contributed by atoms with Crippen LogP contribution in [-0.2, 0) is 13.2 Å². The number of quaternary nitrogens is 1. The fourth-order valence-corrected chi connectivity index (χ4v) is 3.83. The number of carboxylic acid groups (broad SMARTS) is 1. The summed E-state index contributed by atoms with van der Waals surface area (Å²) in [5, 5.41) is 16.9. The second-order valence-corrected chi connectivity index (χ2v) is 8.76. The quantitative estimate of drug-likeness (QED) is 0.615. The fourth-order valence-electron chi connectivity index (χ4n) is 3.64. The van der Waals surface area contributed by atoms with Gasteiger partial charge in [0, 0.05) is 18.0 Å². The highest BCUT2D eigenvalue weighted by Gasteiger charge is 2.48. The van der Waals surface area contributed by atoms with E-state index in [4.69, 9.17) is 26.5 Å². The van der Waals surface area contributed by atoms with E-state index in [9.17, 15) is 4.79 Å². The Morgan fingerprint density at radius 2 is 1.90 bits per heavy atom. The second-order valence-electron chi connectivity index (χ2n) is 8.33. The van der Waals surface area contributed by atoms with E-state index in [1.165, 1.54) is 0 Å². The third kappa shape index (κ3) is 4.66. The van der Waals surface area contributed by atoms with Gasteiger partial charge in [-0.15, -0.1) is 0 Å². The zero-order valence-corrected chi connectivity index (χ0v) is 18.4. The fraction of sp³-hybridized carbons (Fsp3) is 0.304. The van der Waals surface area contributed by atoms with Gasteiger partial charge in [0.15, 0.2) is 5.84 Å². The minimum atomic E-state index is -1.14. The normalized spacial score (nSPS) is 18.6. The van der Waals surface area contributed by atoms with Crippen molar-refractivity contribution < 1.29 is 19.2 Å². The maximum absolute atomic E-state index is 11.1. The number of nitrogens with one attached hydrogen (secondary N) is 1. The molecule has 0 fully saturated rings. The van der Waals surface area contributed by atoms with Gasteiger partial charge in [0.1, 0.15) is 30.1 Å². The predicted octanol–water partition coefficient (Wildman–Crippen LogP) is 5.53. The first kappa shape index (κ1) is 21.9. The van der Waals surface area contributed by atoms with Crippen molar-refractivity contribution in [2.75, 3.05) is 0 Å².